The van der Waals surface area contributed by atoms with E-state index in [2.05, 4.69) is 5.16 Å². The summed E-state index contributed by atoms with van der Waals surface area (Å²) in [6.45, 7) is 0.596. The maximum absolute atomic E-state index is 12.4. The van der Waals surface area contributed by atoms with E-state index in [-0.39, 0.29) is 17.9 Å². The molecule has 1 atom stereocenters. The highest BCUT2D eigenvalue weighted by molar-refractivity contribution is 6.01. The van der Waals surface area contributed by atoms with Gasteiger partial charge in [0.2, 0.25) is 5.91 Å². The van der Waals surface area contributed by atoms with E-state index in [9.17, 15) is 4.79 Å². The van der Waals surface area contributed by atoms with Gasteiger partial charge < -0.3 is 14.5 Å². The van der Waals surface area contributed by atoms with Crippen LogP contribution in [0.2, 0.25) is 0 Å². The van der Waals surface area contributed by atoms with Gasteiger partial charge in [0.25, 0.3) is 0 Å². The van der Waals surface area contributed by atoms with Gasteiger partial charge in [-0.25, -0.2) is 0 Å². The first-order chi connectivity index (χ1) is 11.2. The van der Waals surface area contributed by atoms with Crippen LogP contribution < -0.4 is 4.74 Å². The topological polar surface area (TPSA) is 51.1 Å². The zero-order valence-electron chi connectivity index (χ0n) is 13.8. The number of hydrogen-bond acceptors (Lipinski definition) is 4. The minimum atomic E-state index is -0.0533. The second kappa shape index (κ2) is 7.02. The molecule has 1 fully saturated rings. The highest BCUT2D eigenvalue weighted by Gasteiger charge is 2.29. The summed E-state index contributed by atoms with van der Waals surface area (Å²) < 4.78 is 5.17. The van der Waals surface area contributed by atoms with Crippen molar-refractivity contribution in [1.82, 2.24) is 4.90 Å². The summed E-state index contributed by atoms with van der Waals surface area (Å²) in [5.41, 5.74) is 1.97. The van der Waals surface area contributed by atoms with Crippen molar-refractivity contribution in [2.75, 3.05) is 20.7 Å². The van der Waals surface area contributed by atoms with Crippen LogP contribution in [-0.2, 0) is 9.63 Å². The zero-order chi connectivity index (χ0) is 16.2. The number of benzene rings is 1. The van der Waals surface area contributed by atoms with Crippen molar-refractivity contribution in [1.29, 1.82) is 0 Å². The lowest BCUT2D eigenvalue weighted by Gasteiger charge is -2.23. The smallest absolute Gasteiger partial charge is 0.225 e. The molecule has 1 heterocycles. The van der Waals surface area contributed by atoms with Gasteiger partial charge in [-0.15, -0.1) is 0 Å². The normalized spacial score (nSPS) is 21.0. The Morgan fingerprint density at radius 1 is 1.30 bits per heavy atom. The fourth-order valence-corrected chi connectivity index (χ4v) is 3.36. The molecule has 5 nitrogen and oxygen atoms in total. The summed E-state index contributed by atoms with van der Waals surface area (Å²) in [6, 6.07) is 7.80. The van der Waals surface area contributed by atoms with Gasteiger partial charge in [-0.2, -0.15) is 0 Å². The minimum absolute atomic E-state index is 0.0533. The van der Waals surface area contributed by atoms with Crippen molar-refractivity contribution in [2.45, 2.75) is 38.2 Å². The Morgan fingerprint density at radius 2 is 2.00 bits per heavy atom. The lowest BCUT2D eigenvalue weighted by Crippen LogP contribution is -2.37. The van der Waals surface area contributed by atoms with Crippen LogP contribution in [0, 0.1) is 5.92 Å². The minimum Gasteiger partial charge on any atom is -0.497 e. The van der Waals surface area contributed by atoms with Crippen LogP contribution in [0.25, 0.3) is 0 Å². The van der Waals surface area contributed by atoms with Crippen LogP contribution in [-0.4, -0.2) is 43.3 Å². The third kappa shape index (κ3) is 3.66. The van der Waals surface area contributed by atoms with E-state index in [1.165, 1.54) is 12.8 Å². The lowest BCUT2D eigenvalue weighted by molar-refractivity contribution is -0.135. The van der Waals surface area contributed by atoms with E-state index in [1.54, 1.807) is 7.11 Å². The number of hydrogen-bond donors (Lipinski definition) is 0. The summed E-state index contributed by atoms with van der Waals surface area (Å²) in [5.74, 6) is 1.29. The number of nitrogens with zero attached hydrogens (tertiary/aromatic N) is 2. The number of amides is 1. The maximum atomic E-state index is 12.4. The molecule has 0 aromatic heterocycles. The average molecular weight is 316 g/mol. The van der Waals surface area contributed by atoms with Crippen LogP contribution in [0.15, 0.2) is 29.4 Å². The summed E-state index contributed by atoms with van der Waals surface area (Å²) in [4.78, 5) is 19.7. The van der Waals surface area contributed by atoms with E-state index in [0.717, 1.165) is 36.3 Å². The van der Waals surface area contributed by atoms with Gasteiger partial charge in [0, 0.05) is 19.4 Å². The molecule has 124 valence electrons. The number of ether oxygens (including phenoxy) is 1. The second-order valence-electron chi connectivity index (χ2n) is 6.40. The Hall–Kier alpha value is -2.04. The molecule has 0 radical (unpaired) electrons. The number of carbonyl (C=O) groups is 1. The van der Waals surface area contributed by atoms with Crippen LogP contribution in [0.3, 0.4) is 0 Å². The van der Waals surface area contributed by atoms with Gasteiger partial charge in [-0.3, -0.25) is 4.79 Å². The van der Waals surface area contributed by atoms with Crippen LogP contribution >= 0.6 is 0 Å². The summed E-state index contributed by atoms with van der Waals surface area (Å²) in [7, 11) is 3.52. The standard InChI is InChI=1S/C18H24N2O3/c1-20(18(21)14-5-3-4-6-14)12-16-11-17(19-23-16)13-7-9-15(22-2)10-8-13/h7-10,14,16H,3-6,11-12H2,1-2H3/t16-/m0/s1. The number of methoxy groups -OCH3 is 1. The van der Waals surface area contributed by atoms with Gasteiger partial charge in [-0.05, 0) is 42.7 Å². The molecule has 23 heavy (non-hydrogen) atoms. The molecule has 0 bridgehead atoms. The second-order valence-corrected chi connectivity index (χ2v) is 6.40. The molecule has 0 N–H and O–H groups in total. The largest absolute Gasteiger partial charge is 0.497 e. The van der Waals surface area contributed by atoms with Crippen LogP contribution in [0.4, 0.5) is 0 Å². The monoisotopic (exact) mass is 316 g/mol. The Labute approximate surface area is 137 Å². The Morgan fingerprint density at radius 3 is 2.65 bits per heavy atom. The molecule has 1 aliphatic heterocycles. The molecule has 0 unspecified atom stereocenters. The molecule has 1 aromatic rings. The zero-order valence-corrected chi connectivity index (χ0v) is 13.8. The van der Waals surface area contributed by atoms with Crippen molar-refractivity contribution >= 4 is 11.6 Å². The summed E-state index contributed by atoms with van der Waals surface area (Å²) in [5, 5.41) is 4.19. The fraction of sp³-hybridized carbons (Fsp3) is 0.556. The molecule has 1 aliphatic carbocycles. The molecule has 3 rings (SSSR count). The first-order valence-corrected chi connectivity index (χ1v) is 8.29. The Balaban J connectivity index is 1.53. The van der Waals surface area contributed by atoms with Gasteiger partial charge >= 0.3 is 0 Å². The van der Waals surface area contributed by atoms with E-state index in [4.69, 9.17) is 9.57 Å². The van der Waals surface area contributed by atoms with Crippen molar-refractivity contribution in [3.63, 3.8) is 0 Å². The number of oxime groups is 1. The predicted molar refractivity (Wildman–Crippen MR) is 88.6 cm³/mol. The summed E-state index contributed by atoms with van der Waals surface area (Å²) in [6.07, 6.45) is 5.09. The fourth-order valence-electron chi connectivity index (χ4n) is 3.36. The first-order valence-electron chi connectivity index (χ1n) is 8.29. The number of carbonyl (C=O) groups excluding carboxylic acids is 1. The first kappa shape index (κ1) is 15.8. The van der Waals surface area contributed by atoms with Gasteiger partial charge in [0.05, 0.1) is 19.4 Å². The van der Waals surface area contributed by atoms with E-state index in [0.29, 0.717) is 6.54 Å². The average Bonchev–Trinajstić information content (AvgIpc) is 3.26. The third-order valence-electron chi connectivity index (χ3n) is 4.71. The molecular formula is C18H24N2O3. The number of likely N-dealkylation sites (N-methyl/N-ethyl adjacent to an activating group) is 1. The van der Waals surface area contributed by atoms with Gasteiger partial charge in [0.15, 0.2) is 6.10 Å². The maximum Gasteiger partial charge on any atom is 0.225 e. The third-order valence-corrected chi connectivity index (χ3v) is 4.71. The van der Waals surface area contributed by atoms with E-state index in [1.807, 2.05) is 36.2 Å². The Bertz CT molecular complexity index is 576. The van der Waals surface area contributed by atoms with Crippen molar-refractivity contribution < 1.29 is 14.4 Å². The lowest BCUT2D eigenvalue weighted by atomic mass is 10.0. The SMILES string of the molecule is COc1ccc(C2=NO[C@H](CN(C)C(=O)C3CCCC3)C2)cc1. The molecule has 2 aliphatic rings. The quantitative estimate of drug-likeness (QED) is 0.839. The molecule has 1 aromatic carbocycles. The molecule has 0 saturated heterocycles. The predicted octanol–water partition coefficient (Wildman–Crippen LogP) is 2.84. The van der Waals surface area contributed by atoms with Crippen LogP contribution in [0.1, 0.15) is 37.7 Å². The van der Waals surface area contributed by atoms with Gasteiger partial charge in [-0.1, -0.05) is 18.0 Å². The van der Waals surface area contributed by atoms with E-state index >= 15 is 0 Å². The molecule has 1 saturated carbocycles. The molecule has 5 heteroatoms. The molecular weight excluding hydrogens is 292 g/mol. The van der Waals surface area contributed by atoms with E-state index < -0.39 is 0 Å². The molecule has 1 amide bonds. The van der Waals surface area contributed by atoms with Gasteiger partial charge in [0.1, 0.15) is 5.75 Å². The van der Waals surface area contributed by atoms with Crippen molar-refractivity contribution in [3.8, 4) is 5.75 Å². The molecule has 0 spiro atoms. The number of rotatable bonds is 5. The highest BCUT2D eigenvalue weighted by Crippen LogP contribution is 2.27. The highest BCUT2D eigenvalue weighted by atomic mass is 16.6. The van der Waals surface area contributed by atoms with Crippen molar-refractivity contribution in [3.05, 3.63) is 29.8 Å². The Kier molecular flexibility index (Phi) is 4.84. The summed E-state index contributed by atoms with van der Waals surface area (Å²) >= 11 is 0. The van der Waals surface area contributed by atoms with Crippen LogP contribution in [0.5, 0.6) is 5.75 Å². The van der Waals surface area contributed by atoms with Crippen molar-refractivity contribution in [2.24, 2.45) is 11.1 Å².